The summed E-state index contributed by atoms with van der Waals surface area (Å²) >= 11 is 0. The Balaban J connectivity index is 1.69. The summed E-state index contributed by atoms with van der Waals surface area (Å²) in [6, 6.07) is 6.72. The summed E-state index contributed by atoms with van der Waals surface area (Å²) in [5.74, 6) is -0.0653. The zero-order valence-corrected chi connectivity index (χ0v) is 11.9. The van der Waals surface area contributed by atoms with Gasteiger partial charge in [-0.2, -0.15) is 0 Å². The van der Waals surface area contributed by atoms with Gasteiger partial charge in [-0.25, -0.2) is 0 Å². The van der Waals surface area contributed by atoms with Crippen LogP contribution in [-0.2, 0) is 20.7 Å². The highest BCUT2D eigenvalue weighted by atomic mass is 16.5. The first kappa shape index (κ1) is 15.3. The fraction of sp³-hybridized carbons (Fsp3) is 0.467. The van der Waals surface area contributed by atoms with E-state index in [0.717, 1.165) is 0 Å². The molecule has 21 heavy (non-hydrogen) atoms. The molecule has 1 aromatic carbocycles. The van der Waals surface area contributed by atoms with E-state index in [1.165, 1.54) is 0 Å². The van der Waals surface area contributed by atoms with E-state index in [-0.39, 0.29) is 30.4 Å². The third-order valence-electron chi connectivity index (χ3n) is 3.37. The predicted octanol–water partition coefficient (Wildman–Crippen LogP) is 0.300. The standard InChI is InChI=1S/C15H20N2O4/c18-13-4-2-1-3-12(13)11-14(19)16-6-5-15(20)17-7-9-21-10-8-17/h1-4,18H,5-11H2,(H,16,19). The van der Waals surface area contributed by atoms with Gasteiger partial charge in [-0.3, -0.25) is 9.59 Å². The molecule has 1 aliphatic rings. The lowest BCUT2D eigenvalue weighted by Gasteiger charge is -2.26. The number of para-hydroxylation sites is 1. The fourth-order valence-corrected chi connectivity index (χ4v) is 2.18. The molecule has 1 heterocycles. The molecule has 0 unspecified atom stereocenters. The SMILES string of the molecule is O=C(Cc1ccccc1O)NCCC(=O)N1CCOCC1. The van der Waals surface area contributed by atoms with Crippen molar-refractivity contribution in [2.45, 2.75) is 12.8 Å². The maximum absolute atomic E-state index is 11.9. The maximum atomic E-state index is 11.9. The van der Waals surface area contributed by atoms with Crippen molar-refractivity contribution in [2.24, 2.45) is 0 Å². The lowest BCUT2D eigenvalue weighted by Crippen LogP contribution is -2.42. The molecule has 2 rings (SSSR count). The van der Waals surface area contributed by atoms with Gasteiger partial charge in [0.1, 0.15) is 5.75 Å². The molecule has 0 aliphatic carbocycles. The van der Waals surface area contributed by atoms with Gasteiger partial charge in [-0.1, -0.05) is 18.2 Å². The van der Waals surface area contributed by atoms with Crippen LogP contribution in [0.1, 0.15) is 12.0 Å². The molecule has 114 valence electrons. The van der Waals surface area contributed by atoms with Gasteiger partial charge in [0.05, 0.1) is 19.6 Å². The van der Waals surface area contributed by atoms with Gasteiger partial charge in [-0.15, -0.1) is 0 Å². The molecule has 1 fully saturated rings. The van der Waals surface area contributed by atoms with Gasteiger partial charge < -0.3 is 20.1 Å². The molecule has 2 amide bonds. The molecular weight excluding hydrogens is 272 g/mol. The minimum atomic E-state index is -0.203. The van der Waals surface area contributed by atoms with Crippen molar-refractivity contribution < 1.29 is 19.4 Å². The summed E-state index contributed by atoms with van der Waals surface area (Å²) in [4.78, 5) is 25.4. The number of ether oxygens (including phenoxy) is 1. The number of benzene rings is 1. The monoisotopic (exact) mass is 292 g/mol. The third kappa shape index (κ3) is 4.75. The summed E-state index contributed by atoms with van der Waals surface area (Å²) < 4.78 is 5.18. The average Bonchev–Trinajstić information content (AvgIpc) is 2.50. The van der Waals surface area contributed by atoms with Crippen LogP contribution in [0.4, 0.5) is 0 Å². The van der Waals surface area contributed by atoms with Crippen LogP contribution >= 0.6 is 0 Å². The number of hydrogen-bond donors (Lipinski definition) is 2. The molecule has 1 aliphatic heterocycles. The number of aromatic hydroxyl groups is 1. The molecule has 0 aromatic heterocycles. The molecule has 6 nitrogen and oxygen atoms in total. The summed E-state index contributed by atoms with van der Waals surface area (Å²) in [6.07, 6.45) is 0.394. The average molecular weight is 292 g/mol. The summed E-state index contributed by atoms with van der Waals surface area (Å²) in [5.41, 5.74) is 0.578. The topological polar surface area (TPSA) is 78.9 Å². The number of hydrogen-bond acceptors (Lipinski definition) is 4. The van der Waals surface area contributed by atoms with Crippen molar-refractivity contribution in [1.29, 1.82) is 0 Å². The van der Waals surface area contributed by atoms with Crippen LogP contribution in [0.25, 0.3) is 0 Å². The van der Waals surface area contributed by atoms with Crippen LogP contribution in [0.2, 0.25) is 0 Å². The van der Waals surface area contributed by atoms with Gasteiger partial charge in [-0.05, 0) is 6.07 Å². The molecule has 0 bridgehead atoms. The quantitative estimate of drug-likeness (QED) is 0.818. The predicted molar refractivity (Wildman–Crippen MR) is 76.8 cm³/mol. The number of carbonyl (C=O) groups is 2. The Bertz CT molecular complexity index is 498. The minimum absolute atomic E-state index is 0.0289. The first-order chi connectivity index (χ1) is 10.2. The summed E-state index contributed by atoms with van der Waals surface area (Å²) in [6.45, 7) is 2.69. The van der Waals surface area contributed by atoms with Gasteiger partial charge in [0.2, 0.25) is 11.8 Å². The number of amides is 2. The van der Waals surface area contributed by atoms with Crippen molar-refractivity contribution in [2.75, 3.05) is 32.8 Å². The van der Waals surface area contributed by atoms with Gasteiger partial charge in [0.15, 0.2) is 0 Å². The maximum Gasteiger partial charge on any atom is 0.224 e. The molecule has 0 radical (unpaired) electrons. The highest BCUT2D eigenvalue weighted by Gasteiger charge is 2.16. The first-order valence-electron chi connectivity index (χ1n) is 7.06. The van der Waals surface area contributed by atoms with Crippen LogP contribution in [0.3, 0.4) is 0 Å². The zero-order chi connectivity index (χ0) is 15.1. The van der Waals surface area contributed by atoms with Crippen LogP contribution in [0.5, 0.6) is 5.75 Å². The Morgan fingerprint density at radius 3 is 2.67 bits per heavy atom. The summed E-state index contributed by atoms with van der Waals surface area (Å²) in [5, 5.41) is 12.3. The third-order valence-corrected chi connectivity index (χ3v) is 3.37. The Hall–Kier alpha value is -2.08. The van der Waals surface area contributed by atoms with E-state index in [1.807, 2.05) is 0 Å². The van der Waals surface area contributed by atoms with E-state index in [1.54, 1.807) is 29.2 Å². The van der Waals surface area contributed by atoms with E-state index in [2.05, 4.69) is 5.32 Å². The molecule has 0 atom stereocenters. The van der Waals surface area contributed by atoms with Gasteiger partial charge in [0.25, 0.3) is 0 Å². The largest absolute Gasteiger partial charge is 0.508 e. The van der Waals surface area contributed by atoms with Crippen molar-refractivity contribution in [1.82, 2.24) is 10.2 Å². The second-order valence-corrected chi connectivity index (χ2v) is 4.90. The lowest BCUT2D eigenvalue weighted by molar-refractivity contribution is -0.135. The number of carbonyl (C=O) groups excluding carboxylic acids is 2. The Morgan fingerprint density at radius 2 is 1.95 bits per heavy atom. The number of rotatable bonds is 5. The van der Waals surface area contributed by atoms with Crippen molar-refractivity contribution in [3.05, 3.63) is 29.8 Å². The fourth-order valence-electron chi connectivity index (χ4n) is 2.18. The van der Waals surface area contributed by atoms with E-state index >= 15 is 0 Å². The number of nitrogens with zero attached hydrogens (tertiary/aromatic N) is 1. The molecule has 6 heteroatoms. The molecular formula is C15H20N2O4. The van der Waals surface area contributed by atoms with E-state index < -0.39 is 0 Å². The van der Waals surface area contributed by atoms with Crippen LogP contribution in [0.15, 0.2) is 24.3 Å². The van der Waals surface area contributed by atoms with E-state index in [4.69, 9.17) is 4.74 Å². The van der Waals surface area contributed by atoms with Crippen LogP contribution in [0, 0.1) is 0 Å². The number of nitrogens with one attached hydrogen (secondary N) is 1. The number of phenolic OH excluding ortho intramolecular Hbond substituents is 1. The van der Waals surface area contributed by atoms with Crippen LogP contribution < -0.4 is 5.32 Å². The second kappa shape index (κ2) is 7.64. The van der Waals surface area contributed by atoms with Gasteiger partial charge in [0, 0.05) is 31.6 Å². The minimum Gasteiger partial charge on any atom is -0.508 e. The highest BCUT2D eigenvalue weighted by molar-refractivity contribution is 5.81. The zero-order valence-electron chi connectivity index (χ0n) is 11.9. The lowest BCUT2D eigenvalue weighted by atomic mass is 10.1. The normalized spacial score (nSPS) is 14.8. The molecule has 0 spiro atoms. The second-order valence-electron chi connectivity index (χ2n) is 4.90. The first-order valence-corrected chi connectivity index (χ1v) is 7.06. The van der Waals surface area contributed by atoms with Crippen molar-refractivity contribution in [3.63, 3.8) is 0 Å². The van der Waals surface area contributed by atoms with Crippen molar-refractivity contribution in [3.8, 4) is 5.75 Å². The van der Waals surface area contributed by atoms with Gasteiger partial charge >= 0.3 is 0 Å². The molecule has 1 aromatic rings. The highest BCUT2D eigenvalue weighted by Crippen LogP contribution is 2.15. The van der Waals surface area contributed by atoms with Crippen LogP contribution in [-0.4, -0.2) is 54.7 Å². The van der Waals surface area contributed by atoms with E-state index in [9.17, 15) is 14.7 Å². The van der Waals surface area contributed by atoms with E-state index in [0.29, 0.717) is 38.4 Å². The molecule has 0 saturated carbocycles. The molecule has 2 N–H and O–H groups in total. The van der Waals surface area contributed by atoms with Crippen molar-refractivity contribution >= 4 is 11.8 Å². The number of morpholine rings is 1. The smallest absolute Gasteiger partial charge is 0.224 e. The Kier molecular flexibility index (Phi) is 5.57. The number of phenols is 1. The molecule has 1 saturated heterocycles. The Morgan fingerprint density at radius 1 is 1.24 bits per heavy atom. The summed E-state index contributed by atoms with van der Waals surface area (Å²) in [7, 11) is 0. The Labute approximate surface area is 123 Å².